The Morgan fingerprint density at radius 3 is 3.10 bits per heavy atom. The molecular formula is C17H21N3. The number of hydrogen-bond acceptors (Lipinski definition) is 3. The van der Waals surface area contributed by atoms with Crippen LogP contribution in [0.15, 0.2) is 36.5 Å². The molecule has 0 aliphatic carbocycles. The zero-order valence-corrected chi connectivity index (χ0v) is 11.8. The molecule has 2 saturated heterocycles. The summed E-state index contributed by atoms with van der Waals surface area (Å²) in [6.45, 7) is 4.66. The Labute approximate surface area is 120 Å². The summed E-state index contributed by atoms with van der Waals surface area (Å²) in [6, 6.07) is 11.4. The van der Waals surface area contributed by atoms with Gasteiger partial charge in [0.2, 0.25) is 0 Å². The van der Waals surface area contributed by atoms with Crippen molar-refractivity contribution in [2.24, 2.45) is 5.92 Å². The molecule has 3 heteroatoms. The molecule has 0 radical (unpaired) electrons. The lowest BCUT2D eigenvalue weighted by atomic mass is 9.94. The number of rotatable bonds is 2. The second-order valence-corrected chi connectivity index (χ2v) is 6.15. The van der Waals surface area contributed by atoms with E-state index in [2.05, 4.69) is 39.5 Å². The lowest BCUT2D eigenvalue weighted by Gasteiger charge is -2.24. The van der Waals surface area contributed by atoms with Gasteiger partial charge >= 0.3 is 0 Å². The topological polar surface area (TPSA) is 28.2 Å². The van der Waals surface area contributed by atoms with Crippen LogP contribution in [-0.2, 0) is 6.54 Å². The SMILES string of the molecule is c1cnc2c(CN3C[C@@H]4CCCN[C@@H]4C3)cccc2c1. The summed E-state index contributed by atoms with van der Waals surface area (Å²) in [6.07, 6.45) is 4.63. The van der Waals surface area contributed by atoms with Gasteiger partial charge in [-0.25, -0.2) is 0 Å². The highest BCUT2D eigenvalue weighted by molar-refractivity contribution is 5.81. The van der Waals surface area contributed by atoms with Gasteiger partial charge in [0.25, 0.3) is 0 Å². The van der Waals surface area contributed by atoms with Crippen molar-refractivity contribution in [3.8, 4) is 0 Å². The van der Waals surface area contributed by atoms with Crippen LogP contribution in [0.3, 0.4) is 0 Å². The quantitative estimate of drug-likeness (QED) is 0.905. The van der Waals surface area contributed by atoms with E-state index in [9.17, 15) is 0 Å². The number of piperidine rings is 1. The minimum absolute atomic E-state index is 0.715. The molecular weight excluding hydrogens is 246 g/mol. The Kier molecular flexibility index (Phi) is 3.17. The van der Waals surface area contributed by atoms with Crippen molar-refractivity contribution in [1.82, 2.24) is 15.2 Å². The fourth-order valence-corrected chi connectivity index (χ4v) is 3.80. The van der Waals surface area contributed by atoms with Crippen LogP contribution < -0.4 is 5.32 Å². The Balaban J connectivity index is 1.56. The molecule has 3 nitrogen and oxygen atoms in total. The highest BCUT2D eigenvalue weighted by Gasteiger charge is 2.34. The molecule has 0 amide bonds. The summed E-state index contributed by atoms with van der Waals surface area (Å²) < 4.78 is 0. The Bertz CT molecular complexity index is 591. The predicted molar refractivity (Wildman–Crippen MR) is 81.5 cm³/mol. The van der Waals surface area contributed by atoms with Crippen molar-refractivity contribution in [2.45, 2.75) is 25.4 Å². The average Bonchev–Trinajstić information content (AvgIpc) is 2.90. The van der Waals surface area contributed by atoms with Crippen molar-refractivity contribution < 1.29 is 0 Å². The minimum Gasteiger partial charge on any atom is -0.312 e. The molecule has 1 aromatic heterocycles. The standard InChI is InChI=1S/C17H21N3/c1-4-13-6-2-9-19-17(13)15(5-1)11-20-10-14-7-3-8-18-16(14)12-20/h1-2,4-6,9,14,16,18H,3,7-8,10-12H2/t14-,16+/m0/s1. The zero-order valence-electron chi connectivity index (χ0n) is 11.8. The highest BCUT2D eigenvalue weighted by Crippen LogP contribution is 2.27. The summed E-state index contributed by atoms with van der Waals surface area (Å²) in [7, 11) is 0. The Hall–Kier alpha value is -1.45. The van der Waals surface area contributed by atoms with Crippen molar-refractivity contribution in [3.63, 3.8) is 0 Å². The van der Waals surface area contributed by atoms with Gasteiger partial charge < -0.3 is 5.32 Å². The summed E-state index contributed by atoms with van der Waals surface area (Å²) >= 11 is 0. The molecule has 0 unspecified atom stereocenters. The van der Waals surface area contributed by atoms with Gasteiger partial charge in [-0.15, -0.1) is 0 Å². The molecule has 3 heterocycles. The lowest BCUT2D eigenvalue weighted by molar-refractivity contribution is 0.313. The van der Waals surface area contributed by atoms with Crippen LogP contribution in [0, 0.1) is 5.92 Å². The van der Waals surface area contributed by atoms with Gasteiger partial charge in [0.1, 0.15) is 0 Å². The minimum atomic E-state index is 0.715. The van der Waals surface area contributed by atoms with Gasteiger partial charge in [-0.3, -0.25) is 9.88 Å². The molecule has 104 valence electrons. The molecule has 2 atom stereocenters. The first-order valence-corrected chi connectivity index (χ1v) is 7.68. The molecule has 2 fully saturated rings. The van der Waals surface area contributed by atoms with E-state index in [1.54, 1.807) is 0 Å². The third kappa shape index (κ3) is 2.21. The molecule has 0 bridgehead atoms. The summed E-state index contributed by atoms with van der Waals surface area (Å²) in [5.74, 6) is 0.853. The molecule has 1 N–H and O–H groups in total. The third-order valence-corrected chi connectivity index (χ3v) is 4.79. The number of aromatic nitrogens is 1. The van der Waals surface area contributed by atoms with E-state index in [0.29, 0.717) is 6.04 Å². The maximum absolute atomic E-state index is 4.57. The van der Waals surface area contributed by atoms with Gasteiger partial charge in [0, 0.05) is 37.3 Å². The second kappa shape index (κ2) is 5.15. The number of hydrogen-bond donors (Lipinski definition) is 1. The molecule has 1 aromatic carbocycles. The monoisotopic (exact) mass is 267 g/mol. The van der Waals surface area contributed by atoms with Crippen LogP contribution >= 0.6 is 0 Å². The second-order valence-electron chi connectivity index (χ2n) is 6.15. The fourth-order valence-electron chi connectivity index (χ4n) is 3.80. The summed E-state index contributed by atoms with van der Waals surface area (Å²) in [5.41, 5.74) is 2.53. The van der Waals surface area contributed by atoms with E-state index >= 15 is 0 Å². The normalized spacial score (nSPS) is 26.8. The molecule has 0 spiro atoms. The van der Waals surface area contributed by atoms with E-state index in [1.807, 2.05) is 12.3 Å². The first-order valence-electron chi connectivity index (χ1n) is 7.68. The molecule has 20 heavy (non-hydrogen) atoms. The van der Waals surface area contributed by atoms with Crippen LogP contribution in [0.5, 0.6) is 0 Å². The Morgan fingerprint density at radius 1 is 1.20 bits per heavy atom. The largest absolute Gasteiger partial charge is 0.312 e. The highest BCUT2D eigenvalue weighted by atomic mass is 15.2. The maximum atomic E-state index is 4.57. The number of pyridine rings is 1. The lowest BCUT2D eigenvalue weighted by Crippen LogP contribution is -2.40. The van der Waals surface area contributed by atoms with Crippen molar-refractivity contribution in [2.75, 3.05) is 19.6 Å². The van der Waals surface area contributed by atoms with E-state index in [1.165, 1.54) is 43.4 Å². The molecule has 2 aliphatic rings. The van der Waals surface area contributed by atoms with Crippen LogP contribution in [-0.4, -0.2) is 35.6 Å². The number of fused-ring (bicyclic) bond motifs is 2. The van der Waals surface area contributed by atoms with Crippen LogP contribution in [0.25, 0.3) is 10.9 Å². The van der Waals surface area contributed by atoms with Gasteiger partial charge in [0.05, 0.1) is 5.52 Å². The van der Waals surface area contributed by atoms with Crippen molar-refractivity contribution in [3.05, 3.63) is 42.1 Å². The number of nitrogens with zero attached hydrogens (tertiary/aromatic N) is 2. The molecule has 2 aliphatic heterocycles. The van der Waals surface area contributed by atoms with Crippen LogP contribution in [0.4, 0.5) is 0 Å². The van der Waals surface area contributed by atoms with Crippen LogP contribution in [0.2, 0.25) is 0 Å². The van der Waals surface area contributed by atoms with Crippen LogP contribution in [0.1, 0.15) is 18.4 Å². The molecule has 0 saturated carbocycles. The number of benzene rings is 1. The van der Waals surface area contributed by atoms with Gasteiger partial charge in [-0.1, -0.05) is 24.3 Å². The number of likely N-dealkylation sites (tertiary alicyclic amines) is 1. The van der Waals surface area contributed by atoms with Crippen molar-refractivity contribution >= 4 is 10.9 Å². The maximum Gasteiger partial charge on any atom is 0.0746 e. The van der Waals surface area contributed by atoms with Gasteiger partial charge in [0.15, 0.2) is 0 Å². The molecule has 2 aromatic rings. The number of para-hydroxylation sites is 1. The van der Waals surface area contributed by atoms with Gasteiger partial charge in [-0.05, 0) is 36.9 Å². The van der Waals surface area contributed by atoms with Gasteiger partial charge in [-0.2, -0.15) is 0 Å². The predicted octanol–water partition coefficient (Wildman–Crippen LogP) is 2.42. The number of nitrogens with one attached hydrogen (secondary N) is 1. The van der Waals surface area contributed by atoms with Crippen molar-refractivity contribution in [1.29, 1.82) is 0 Å². The van der Waals surface area contributed by atoms with E-state index in [0.717, 1.165) is 18.0 Å². The summed E-state index contributed by atoms with van der Waals surface area (Å²) in [4.78, 5) is 7.17. The first-order chi connectivity index (χ1) is 9.90. The van der Waals surface area contributed by atoms with E-state index in [4.69, 9.17) is 0 Å². The zero-order chi connectivity index (χ0) is 13.4. The molecule has 4 rings (SSSR count). The summed E-state index contributed by atoms with van der Waals surface area (Å²) in [5, 5.41) is 4.93. The smallest absolute Gasteiger partial charge is 0.0746 e. The average molecular weight is 267 g/mol. The third-order valence-electron chi connectivity index (χ3n) is 4.79. The van der Waals surface area contributed by atoms with E-state index in [-0.39, 0.29) is 0 Å². The van der Waals surface area contributed by atoms with E-state index < -0.39 is 0 Å². The Morgan fingerprint density at radius 2 is 2.15 bits per heavy atom. The fraction of sp³-hybridized carbons (Fsp3) is 0.471. The first kappa shape index (κ1) is 12.3.